The molecule has 1 rings (SSSR count). The summed E-state index contributed by atoms with van der Waals surface area (Å²) < 4.78 is 5.53. The van der Waals surface area contributed by atoms with Crippen molar-refractivity contribution in [2.45, 2.75) is 6.92 Å². The van der Waals surface area contributed by atoms with Crippen molar-refractivity contribution in [3.05, 3.63) is 26.3 Å². The number of pyridine rings is 1. The van der Waals surface area contributed by atoms with Gasteiger partial charge in [0.15, 0.2) is 0 Å². The molecule has 0 bridgehead atoms. The molecule has 2 N–H and O–H groups in total. The zero-order chi connectivity index (χ0) is 14.3. The van der Waals surface area contributed by atoms with Crippen LogP contribution < -0.4 is 10.6 Å². The number of halogens is 1. The van der Waals surface area contributed by atoms with Crippen LogP contribution in [0.25, 0.3) is 0 Å². The molecule has 8 heteroatoms. The van der Waals surface area contributed by atoms with E-state index in [4.69, 9.17) is 4.74 Å². The molecule has 106 valence electrons. The van der Waals surface area contributed by atoms with E-state index in [0.29, 0.717) is 29.0 Å². The van der Waals surface area contributed by atoms with Crippen molar-refractivity contribution in [3.8, 4) is 0 Å². The average molecular weight is 333 g/mol. The molecule has 1 heterocycles. The summed E-state index contributed by atoms with van der Waals surface area (Å²) in [6.07, 6.45) is 1.26. The second kappa shape index (κ2) is 8.03. The van der Waals surface area contributed by atoms with Gasteiger partial charge < -0.3 is 15.4 Å². The summed E-state index contributed by atoms with van der Waals surface area (Å²) in [5, 5.41) is 17.0. The lowest BCUT2D eigenvalue weighted by molar-refractivity contribution is -0.385. The number of nitrogens with one attached hydrogen (secondary N) is 2. The van der Waals surface area contributed by atoms with Crippen molar-refractivity contribution in [2.75, 3.05) is 38.7 Å². The van der Waals surface area contributed by atoms with E-state index >= 15 is 0 Å². The van der Waals surface area contributed by atoms with E-state index in [0.717, 1.165) is 13.1 Å². The van der Waals surface area contributed by atoms with Crippen molar-refractivity contribution in [2.24, 2.45) is 0 Å². The number of aromatic nitrogens is 1. The molecule has 19 heavy (non-hydrogen) atoms. The molecule has 0 atom stereocenters. The summed E-state index contributed by atoms with van der Waals surface area (Å²) in [6, 6.07) is 0. The summed E-state index contributed by atoms with van der Waals surface area (Å²) in [6.45, 7) is 4.57. The first kappa shape index (κ1) is 15.8. The summed E-state index contributed by atoms with van der Waals surface area (Å²) in [4.78, 5) is 14.3. The van der Waals surface area contributed by atoms with Gasteiger partial charge in [0.1, 0.15) is 12.0 Å². The molecule has 7 nitrogen and oxygen atoms in total. The van der Waals surface area contributed by atoms with Gasteiger partial charge in [-0.3, -0.25) is 10.1 Å². The third-order valence-corrected chi connectivity index (χ3v) is 3.48. The Hall–Kier alpha value is -1.25. The van der Waals surface area contributed by atoms with Crippen molar-refractivity contribution in [3.63, 3.8) is 0 Å². The van der Waals surface area contributed by atoms with E-state index in [1.54, 1.807) is 14.0 Å². The standard InChI is InChI=1S/C11H17BrN4O3/c1-8-9(16(17)18)7-15-11(10(8)12)14-4-3-13-5-6-19-2/h7,13H,3-6H2,1-2H3,(H,14,15). The maximum Gasteiger partial charge on any atom is 0.291 e. The van der Waals surface area contributed by atoms with Crippen molar-refractivity contribution in [1.29, 1.82) is 0 Å². The third kappa shape index (κ3) is 4.73. The molecule has 0 saturated carbocycles. The smallest absolute Gasteiger partial charge is 0.291 e. The van der Waals surface area contributed by atoms with Crippen LogP contribution in [0.4, 0.5) is 11.5 Å². The van der Waals surface area contributed by atoms with Gasteiger partial charge >= 0.3 is 0 Å². The monoisotopic (exact) mass is 332 g/mol. The predicted molar refractivity (Wildman–Crippen MR) is 76.6 cm³/mol. The van der Waals surface area contributed by atoms with Crippen LogP contribution in [0.5, 0.6) is 0 Å². The summed E-state index contributed by atoms with van der Waals surface area (Å²) in [5.74, 6) is 0.608. The fourth-order valence-corrected chi connectivity index (χ4v) is 1.89. The highest BCUT2D eigenvalue weighted by Gasteiger charge is 2.16. The van der Waals surface area contributed by atoms with Crippen LogP contribution >= 0.6 is 15.9 Å². The maximum absolute atomic E-state index is 10.7. The van der Waals surface area contributed by atoms with Gasteiger partial charge in [-0.1, -0.05) is 0 Å². The van der Waals surface area contributed by atoms with Crippen LogP contribution in [0.2, 0.25) is 0 Å². The van der Waals surface area contributed by atoms with Gasteiger partial charge in [-0.25, -0.2) is 4.98 Å². The van der Waals surface area contributed by atoms with Crippen LogP contribution in [0.15, 0.2) is 10.7 Å². The fraction of sp³-hybridized carbons (Fsp3) is 0.545. The molecule has 0 aromatic carbocycles. The lowest BCUT2D eigenvalue weighted by Gasteiger charge is -2.10. The van der Waals surface area contributed by atoms with E-state index in [9.17, 15) is 10.1 Å². The van der Waals surface area contributed by atoms with E-state index in [1.165, 1.54) is 6.20 Å². The van der Waals surface area contributed by atoms with Crippen LogP contribution in [0.1, 0.15) is 5.56 Å². The lowest BCUT2D eigenvalue weighted by atomic mass is 10.2. The largest absolute Gasteiger partial charge is 0.383 e. The molecular weight excluding hydrogens is 316 g/mol. The van der Waals surface area contributed by atoms with E-state index in [2.05, 4.69) is 31.5 Å². The van der Waals surface area contributed by atoms with Crippen LogP contribution in [0, 0.1) is 17.0 Å². The minimum absolute atomic E-state index is 0.00986. The highest BCUT2D eigenvalue weighted by atomic mass is 79.9. The number of methoxy groups -OCH3 is 1. The van der Waals surface area contributed by atoms with Gasteiger partial charge in [0.25, 0.3) is 5.69 Å². The van der Waals surface area contributed by atoms with Gasteiger partial charge in [-0.15, -0.1) is 0 Å². The maximum atomic E-state index is 10.7. The Bertz CT molecular complexity index is 442. The minimum Gasteiger partial charge on any atom is -0.383 e. The highest BCUT2D eigenvalue weighted by molar-refractivity contribution is 9.10. The second-order valence-corrected chi connectivity index (χ2v) is 4.65. The normalized spacial score (nSPS) is 10.5. The number of nitro groups is 1. The van der Waals surface area contributed by atoms with Crippen molar-refractivity contribution >= 4 is 27.4 Å². The van der Waals surface area contributed by atoms with Crippen molar-refractivity contribution in [1.82, 2.24) is 10.3 Å². The van der Waals surface area contributed by atoms with Gasteiger partial charge in [-0.05, 0) is 22.9 Å². The van der Waals surface area contributed by atoms with Gasteiger partial charge in [0.2, 0.25) is 0 Å². The third-order valence-electron chi connectivity index (χ3n) is 2.51. The van der Waals surface area contributed by atoms with Gasteiger partial charge in [0.05, 0.1) is 16.0 Å². The summed E-state index contributed by atoms with van der Waals surface area (Å²) in [5.41, 5.74) is 0.575. The first-order valence-corrected chi connectivity index (χ1v) is 6.60. The lowest BCUT2D eigenvalue weighted by Crippen LogP contribution is -2.25. The topological polar surface area (TPSA) is 89.3 Å². The molecule has 0 fully saturated rings. The van der Waals surface area contributed by atoms with E-state index in [1.807, 2.05) is 0 Å². The van der Waals surface area contributed by atoms with Gasteiger partial charge in [-0.2, -0.15) is 0 Å². The Labute approximate surface area is 120 Å². The molecule has 0 aliphatic heterocycles. The van der Waals surface area contributed by atoms with Crippen LogP contribution in [-0.2, 0) is 4.74 Å². The molecule has 0 unspecified atom stereocenters. The zero-order valence-corrected chi connectivity index (χ0v) is 12.5. The number of hydrogen-bond donors (Lipinski definition) is 2. The van der Waals surface area contributed by atoms with Crippen molar-refractivity contribution < 1.29 is 9.66 Å². The molecule has 0 amide bonds. The molecule has 0 aliphatic rings. The summed E-state index contributed by atoms with van der Waals surface area (Å²) >= 11 is 3.32. The Morgan fingerprint density at radius 2 is 2.21 bits per heavy atom. The van der Waals surface area contributed by atoms with E-state index < -0.39 is 4.92 Å². The molecular formula is C11H17BrN4O3. The molecule has 1 aromatic heterocycles. The fourth-order valence-electron chi connectivity index (χ4n) is 1.45. The van der Waals surface area contributed by atoms with Crippen LogP contribution in [-0.4, -0.2) is 43.3 Å². The Morgan fingerprint density at radius 1 is 1.47 bits per heavy atom. The second-order valence-electron chi connectivity index (χ2n) is 3.86. The van der Waals surface area contributed by atoms with Crippen LogP contribution in [0.3, 0.4) is 0 Å². The number of rotatable bonds is 8. The van der Waals surface area contributed by atoms with Gasteiger partial charge in [0, 0.05) is 32.3 Å². The predicted octanol–water partition coefficient (Wildman–Crippen LogP) is 1.71. The first-order valence-electron chi connectivity index (χ1n) is 5.81. The molecule has 0 aliphatic carbocycles. The number of anilines is 1. The molecule has 1 aromatic rings. The number of nitrogens with zero attached hydrogens (tertiary/aromatic N) is 2. The minimum atomic E-state index is -0.441. The zero-order valence-electron chi connectivity index (χ0n) is 10.9. The molecule has 0 saturated heterocycles. The molecule has 0 radical (unpaired) electrons. The Kier molecular flexibility index (Phi) is 6.68. The summed E-state index contributed by atoms with van der Waals surface area (Å²) in [7, 11) is 1.65. The van der Waals surface area contributed by atoms with E-state index in [-0.39, 0.29) is 5.69 Å². The number of hydrogen-bond acceptors (Lipinski definition) is 6. The SMILES string of the molecule is COCCNCCNc1ncc([N+](=O)[O-])c(C)c1Br. The highest BCUT2D eigenvalue weighted by Crippen LogP contribution is 2.30. The number of ether oxygens (including phenoxy) is 1. The quantitative estimate of drug-likeness (QED) is 0.428. The molecule has 0 spiro atoms. The average Bonchev–Trinajstić information content (AvgIpc) is 2.38. The first-order chi connectivity index (χ1) is 9.07. The Balaban J connectivity index is 2.51. The Morgan fingerprint density at radius 3 is 2.84 bits per heavy atom.